The number of methoxy groups -OCH3 is 1. The van der Waals surface area contributed by atoms with E-state index in [0.29, 0.717) is 13.0 Å². The van der Waals surface area contributed by atoms with Gasteiger partial charge < -0.3 is 10.5 Å². The first kappa shape index (κ1) is 13.1. The van der Waals surface area contributed by atoms with Crippen molar-refractivity contribution in [3.63, 3.8) is 0 Å². The van der Waals surface area contributed by atoms with Crippen molar-refractivity contribution in [3.05, 3.63) is 34.9 Å². The SMILES string of the molecule is COC(=O)c1c(F)cc(C#CCCN)cc1F. The largest absolute Gasteiger partial charge is 0.465 e. The molecule has 0 aliphatic rings. The van der Waals surface area contributed by atoms with Crippen molar-refractivity contribution in [2.75, 3.05) is 13.7 Å². The Balaban J connectivity index is 3.11. The third-order valence-corrected chi connectivity index (χ3v) is 1.93. The minimum atomic E-state index is -1.05. The third kappa shape index (κ3) is 3.26. The molecule has 0 heterocycles. The number of ether oxygens (including phenoxy) is 1. The molecule has 0 radical (unpaired) electrons. The van der Waals surface area contributed by atoms with Gasteiger partial charge in [0.25, 0.3) is 0 Å². The smallest absolute Gasteiger partial charge is 0.343 e. The van der Waals surface area contributed by atoms with Crippen LogP contribution in [0.1, 0.15) is 22.3 Å². The van der Waals surface area contributed by atoms with E-state index in [9.17, 15) is 13.6 Å². The number of carbonyl (C=O) groups excluding carboxylic acids is 1. The molecule has 5 heteroatoms. The molecule has 90 valence electrons. The van der Waals surface area contributed by atoms with E-state index in [-0.39, 0.29) is 5.56 Å². The summed E-state index contributed by atoms with van der Waals surface area (Å²) in [5, 5.41) is 0. The monoisotopic (exact) mass is 239 g/mol. The molecule has 0 fully saturated rings. The van der Waals surface area contributed by atoms with E-state index in [1.54, 1.807) is 0 Å². The van der Waals surface area contributed by atoms with Crippen LogP contribution >= 0.6 is 0 Å². The standard InChI is InChI=1S/C12H11F2NO2/c1-17-12(16)11-9(13)6-8(7-10(11)14)4-2-3-5-15/h6-7H,3,5,15H2,1H3. The zero-order valence-electron chi connectivity index (χ0n) is 9.22. The van der Waals surface area contributed by atoms with Gasteiger partial charge in [0.2, 0.25) is 0 Å². The maximum atomic E-state index is 13.4. The Labute approximate surface area is 97.6 Å². The molecule has 0 atom stereocenters. The summed E-state index contributed by atoms with van der Waals surface area (Å²) in [4.78, 5) is 11.1. The summed E-state index contributed by atoms with van der Waals surface area (Å²) >= 11 is 0. The summed E-state index contributed by atoms with van der Waals surface area (Å²) in [6.45, 7) is 0.373. The summed E-state index contributed by atoms with van der Waals surface area (Å²) in [6, 6.07) is 1.97. The van der Waals surface area contributed by atoms with E-state index < -0.39 is 23.2 Å². The van der Waals surface area contributed by atoms with Gasteiger partial charge in [-0.15, -0.1) is 0 Å². The summed E-state index contributed by atoms with van der Waals surface area (Å²) in [6.07, 6.45) is 0.433. The van der Waals surface area contributed by atoms with Crippen molar-refractivity contribution in [2.24, 2.45) is 5.73 Å². The quantitative estimate of drug-likeness (QED) is 0.627. The van der Waals surface area contributed by atoms with Crippen molar-refractivity contribution in [1.29, 1.82) is 0 Å². The Kier molecular flexibility index (Phi) is 4.61. The van der Waals surface area contributed by atoms with Gasteiger partial charge in [-0.25, -0.2) is 13.6 Å². The summed E-state index contributed by atoms with van der Waals surface area (Å²) in [7, 11) is 1.05. The van der Waals surface area contributed by atoms with E-state index in [4.69, 9.17) is 5.73 Å². The molecule has 1 aromatic rings. The lowest BCUT2D eigenvalue weighted by Gasteiger charge is -2.03. The average molecular weight is 239 g/mol. The molecule has 0 aliphatic heterocycles. The van der Waals surface area contributed by atoms with Crippen LogP contribution in [0.3, 0.4) is 0 Å². The predicted molar refractivity (Wildman–Crippen MR) is 58.2 cm³/mol. The Morgan fingerprint density at radius 2 is 2.00 bits per heavy atom. The molecule has 0 spiro atoms. The van der Waals surface area contributed by atoms with Crippen LogP contribution in [0.4, 0.5) is 8.78 Å². The minimum Gasteiger partial charge on any atom is -0.465 e. The van der Waals surface area contributed by atoms with Crippen molar-refractivity contribution in [2.45, 2.75) is 6.42 Å². The molecule has 3 nitrogen and oxygen atoms in total. The molecule has 1 aromatic carbocycles. The normalized spacial score (nSPS) is 9.41. The lowest BCUT2D eigenvalue weighted by atomic mass is 10.1. The molecule has 0 saturated carbocycles. The predicted octanol–water partition coefficient (Wildman–Crippen LogP) is 1.45. The molecule has 1 rings (SSSR count). The molecule has 0 amide bonds. The van der Waals surface area contributed by atoms with E-state index in [1.165, 1.54) is 0 Å². The van der Waals surface area contributed by atoms with E-state index in [0.717, 1.165) is 19.2 Å². The highest BCUT2D eigenvalue weighted by Crippen LogP contribution is 2.15. The summed E-state index contributed by atoms with van der Waals surface area (Å²) in [5.41, 5.74) is 4.67. The van der Waals surface area contributed by atoms with Gasteiger partial charge in [-0.05, 0) is 12.1 Å². The van der Waals surface area contributed by atoms with Gasteiger partial charge in [-0.2, -0.15) is 0 Å². The Morgan fingerprint density at radius 1 is 1.41 bits per heavy atom. The van der Waals surface area contributed by atoms with Gasteiger partial charge >= 0.3 is 5.97 Å². The van der Waals surface area contributed by atoms with E-state index >= 15 is 0 Å². The Morgan fingerprint density at radius 3 is 2.47 bits per heavy atom. The lowest BCUT2D eigenvalue weighted by Crippen LogP contribution is -2.08. The summed E-state index contributed by atoms with van der Waals surface area (Å²) < 4.78 is 31.1. The number of hydrogen-bond donors (Lipinski definition) is 1. The average Bonchev–Trinajstić information content (AvgIpc) is 2.28. The molecule has 0 saturated heterocycles. The van der Waals surface area contributed by atoms with Crippen LogP contribution in [0.2, 0.25) is 0 Å². The van der Waals surface area contributed by atoms with Crippen molar-refractivity contribution < 1.29 is 18.3 Å². The molecular weight excluding hydrogens is 228 g/mol. The van der Waals surface area contributed by atoms with Gasteiger partial charge in [-0.1, -0.05) is 11.8 Å². The Hall–Kier alpha value is -1.93. The lowest BCUT2D eigenvalue weighted by molar-refractivity contribution is 0.0590. The fourth-order valence-corrected chi connectivity index (χ4v) is 1.18. The molecule has 0 aliphatic carbocycles. The highest BCUT2D eigenvalue weighted by molar-refractivity contribution is 5.90. The first-order chi connectivity index (χ1) is 8.10. The molecule has 0 unspecified atom stereocenters. The highest BCUT2D eigenvalue weighted by Gasteiger charge is 2.18. The second kappa shape index (κ2) is 5.97. The molecular formula is C12H11F2NO2. The van der Waals surface area contributed by atoms with Gasteiger partial charge in [0.15, 0.2) is 0 Å². The number of hydrogen-bond acceptors (Lipinski definition) is 3. The number of rotatable bonds is 2. The number of benzene rings is 1. The van der Waals surface area contributed by atoms with Crippen molar-refractivity contribution in [1.82, 2.24) is 0 Å². The first-order valence-corrected chi connectivity index (χ1v) is 4.86. The molecule has 0 bridgehead atoms. The van der Waals surface area contributed by atoms with Crippen LogP contribution < -0.4 is 5.73 Å². The topological polar surface area (TPSA) is 52.3 Å². The van der Waals surface area contributed by atoms with E-state index in [1.807, 2.05) is 0 Å². The van der Waals surface area contributed by atoms with E-state index in [2.05, 4.69) is 16.6 Å². The van der Waals surface area contributed by atoms with Crippen LogP contribution in [-0.4, -0.2) is 19.6 Å². The zero-order chi connectivity index (χ0) is 12.8. The van der Waals surface area contributed by atoms with Crippen molar-refractivity contribution >= 4 is 5.97 Å². The minimum absolute atomic E-state index is 0.154. The van der Waals surface area contributed by atoms with Gasteiger partial charge in [0.05, 0.1) is 7.11 Å². The highest BCUT2D eigenvalue weighted by atomic mass is 19.1. The first-order valence-electron chi connectivity index (χ1n) is 4.86. The number of carbonyl (C=O) groups is 1. The van der Waals surface area contributed by atoms with Gasteiger partial charge in [0, 0.05) is 18.5 Å². The fourth-order valence-electron chi connectivity index (χ4n) is 1.18. The van der Waals surface area contributed by atoms with Gasteiger partial charge in [-0.3, -0.25) is 0 Å². The van der Waals surface area contributed by atoms with Crippen LogP contribution in [0.15, 0.2) is 12.1 Å². The maximum Gasteiger partial charge on any atom is 0.343 e. The van der Waals surface area contributed by atoms with Gasteiger partial charge in [0.1, 0.15) is 17.2 Å². The molecule has 0 aromatic heterocycles. The van der Waals surface area contributed by atoms with Crippen LogP contribution in [0, 0.1) is 23.5 Å². The summed E-state index contributed by atoms with van der Waals surface area (Å²) in [5.74, 6) is 2.16. The number of nitrogens with two attached hydrogens (primary N) is 1. The number of halogens is 2. The molecule has 2 N–H and O–H groups in total. The van der Waals surface area contributed by atoms with Crippen LogP contribution in [0.5, 0.6) is 0 Å². The second-order valence-electron chi connectivity index (χ2n) is 3.15. The second-order valence-corrected chi connectivity index (χ2v) is 3.15. The van der Waals surface area contributed by atoms with Crippen LogP contribution in [0.25, 0.3) is 0 Å². The zero-order valence-corrected chi connectivity index (χ0v) is 9.22. The Bertz CT molecular complexity index is 466. The number of esters is 1. The van der Waals surface area contributed by atoms with Crippen LogP contribution in [-0.2, 0) is 4.74 Å². The van der Waals surface area contributed by atoms with Crippen molar-refractivity contribution in [3.8, 4) is 11.8 Å². The fraction of sp³-hybridized carbons (Fsp3) is 0.250. The maximum absolute atomic E-state index is 13.4. The molecule has 17 heavy (non-hydrogen) atoms. The third-order valence-electron chi connectivity index (χ3n) is 1.93.